The first kappa shape index (κ1) is 24.9. The molecule has 0 saturated carbocycles. The quantitative estimate of drug-likeness (QED) is 0.319. The van der Waals surface area contributed by atoms with E-state index in [-0.39, 0.29) is 31.1 Å². The molecule has 0 saturated heterocycles. The Morgan fingerprint density at radius 2 is 0.429 bits per heavy atom. The van der Waals surface area contributed by atoms with E-state index in [9.17, 15) is 0 Å². The summed E-state index contributed by atoms with van der Waals surface area (Å²) in [5.74, 6) is 0. The van der Waals surface area contributed by atoms with E-state index in [2.05, 4.69) is 0 Å². The zero-order chi connectivity index (χ0) is 6.00. The fourth-order valence-electron chi connectivity index (χ4n) is 0. The number of hydrogen-bond donors (Lipinski definition) is 0. The number of rotatable bonds is 0. The second-order valence-electron chi connectivity index (χ2n) is 0. The normalized spacial score (nSPS) is 2.57. The topological polar surface area (TPSA) is 138 Å². The van der Waals surface area contributed by atoms with Gasteiger partial charge in [-0.15, -0.1) is 0 Å². The smallest absolute Gasteiger partial charge is 1.00 e. The van der Waals surface area contributed by atoms with Gasteiger partial charge in [-0.05, 0) is 0 Å². The molecule has 0 aromatic heterocycles. The van der Waals surface area contributed by atoms with Gasteiger partial charge in [-0.25, -0.2) is 0 Å². The van der Waals surface area contributed by atoms with E-state index >= 15 is 0 Å². The standard InChI is InChI=1S/3O2.U/c3*1-2;/q3*-2;+6. The molecule has 0 heterocycles. The predicted octanol–water partition coefficient (Wildman–Crippen LogP) is -7.13. The van der Waals surface area contributed by atoms with Crippen LogP contribution < -0.4 is 31.5 Å². The van der Waals surface area contributed by atoms with Crippen LogP contribution in [0.3, 0.4) is 0 Å². The predicted molar refractivity (Wildman–Crippen MR) is 0 cm³/mol. The van der Waals surface area contributed by atoms with E-state index in [4.69, 9.17) is 31.5 Å². The molecule has 40 valence electrons. The van der Waals surface area contributed by atoms with Crippen LogP contribution in [0.4, 0.5) is 0 Å². The molecule has 0 bridgehead atoms. The van der Waals surface area contributed by atoms with Crippen molar-refractivity contribution in [3.05, 3.63) is 0 Å². The summed E-state index contributed by atoms with van der Waals surface area (Å²) in [6.07, 6.45) is 0. The third kappa shape index (κ3) is 239. The van der Waals surface area contributed by atoms with Crippen molar-refractivity contribution in [3.8, 4) is 0 Å². The molecule has 7 heavy (non-hydrogen) atoms. The van der Waals surface area contributed by atoms with Gasteiger partial charge < -0.3 is 31.5 Å². The van der Waals surface area contributed by atoms with E-state index in [1.54, 1.807) is 0 Å². The van der Waals surface area contributed by atoms with Crippen LogP contribution in [0.1, 0.15) is 0 Å². The Morgan fingerprint density at radius 1 is 0.429 bits per heavy atom. The molecule has 0 spiro atoms. The Hall–Kier alpha value is 0.812. The fourth-order valence-corrected chi connectivity index (χ4v) is 0. The maximum Gasteiger partial charge on any atom is 6.00 e. The second-order valence-corrected chi connectivity index (χ2v) is 0. The van der Waals surface area contributed by atoms with Crippen LogP contribution in [0.2, 0.25) is 0 Å². The molecular formula is O6U. The van der Waals surface area contributed by atoms with Gasteiger partial charge >= 0.3 is 31.1 Å². The maximum absolute atomic E-state index is 7.00. The number of hydrogen-bond acceptors (Lipinski definition) is 6. The van der Waals surface area contributed by atoms with Crippen LogP contribution in [0.15, 0.2) is 0 Å². The third-order valence-electron chi connectivity index (χ3n) is 0. The molecule has 0 aromatic rings. The minimum absolute atomic E-state index is 0. The van der Waals surface area contributed by atoms with Crippen LogP contribution >= 0.6 is 0 Å². The zero-order valence-corrected chi connectivity index (χ0v) is 7.11. The van der Waals surface area contributed by atoms with Crippen molar-refractivity contribution >= 4 is 0 Å². The van der Waals surface area contributed by atoms with Crippen molar-refractivity contribution < 1.29 is 62.7 Å². The second kappa shape index (κ2) is 349. The Bertz CT molecular complexity index is 4.14. The molecule has 0 aliphatic rings. The summed E-state index contributed by atoms with van der Waals surface area (Å²) in [6, 6.07) is 0. The molecule has 0 aliphatic heterocycles. The van der Waals surface area contributed by atoms with Crippen molar-refractivity contribution in [3.63, 3.8) is 0 Å². The molecule has 0 unspecified atom stereocenters. The first-order valence-corrected chi connectivity index (χ1v) is 0.500. The molecule has 0 radical (unpaired) electrons. The molecular weight excluding hydrogens is 334 g/mol. The van der Waals surface area contributed by atoms with E-state index < -0.39 is 0 Å². The molecule has 7 heteroatoms. The molecule has 0 amide bonds. The van der Waals surface area contributed by atoms with E-state index in [0.29, 0.717) is 0 Å². The summed E-state index contributed by atoms with van der Waals surface area (Å²) in [6.45, 7) is 0. The largest absolute Gasteiger partial charge is 6.00 e. The monoisotopic (exact) mass is 334 g/mol. The van der Waals surface area contributed by atoms with Gasteiger partial charge in [0.15, 0.2) is 0 Å². The molecule has 0 aromatic carbocycles. The van der Waals surface area contributed by atoms with Crippen molar-refractivity contribution in [2.75, 3.05) is 0 Å². The van der Waals surface area contributed by atoms with Gasteiger partial charge in [0.1, 0.15) is 0 Å². The SMILES string of the molecule is [O-][O-].[O-][O-].[O-][O-].[U+6]. The Kier molecular flexibility index (Phi) is 1240. The van der Waals surface area contributed by atoms with Crippen LogP contribution in [0, 0.1) is 31.1 Å². The van der Waals surface area contributed by atoms with E-state index in [1.165, 1.54) is 0 Å². The average molecular weight is 334 g/mol. The molecule has 0 N–H and O–H groups in total. The summed E-state index contributed by atoms with van der Waals surface area (Å²) >= 11 is 0. The van der Waals surface area contributed by atoms with Crippen LogP contribution in [-0.2, 0) is 0 Å². The van der Waals surface area contributed by atoms with E-state index in [0.717, 1.165) is 0 Å². The summed E-state index contributed by atoms with van der Waals surface area (Å²) in [4.78, 5) is 0. The summed E-state index contributed by atoms with van der Waals surface area (Å²) in [7, 11) is 0. The molecule has 0 rings (SSSR count). The minimum Gasteiger partial charge on any atom is -1.00 e. The first-order valence-electron chi connectivity index (χ1n) is 0.500. The van der Waals surface area contributed by atoms with Gasteiger partial charge in [-0.2, -0.15) is 0 Å². The minimum atomic E-state index is 0. The van der Waals surface area contributed by atoms with Crippen LogP contribution in [0.25, 0.3) is 0 Å². The van der Waals surface area contributed by atoms with Gasteiger partial charge in [-0.3, -0.25) is 0 Å². The summed E-state index contributed by atoms with van der Waals surface area (Å²) in [5.41, 5.74) is 0. The zero-order valence-electron chi connectivity index (χ0n) is 2.95. The molecule has 0 atom stereocenters. The first-order chi connectivity index (χ1) is 3.00. The Labute approximate surface area is 62.8 Å². The van der Waals surface area contributed by atoms with Gasteiger partial charge in [0, 0.05) is 0 Å². The van der Waals surface area contributed by atoms with Gasteiger partial charge in [0.25, 0.3) is 0 Å². The maximum atomic E-state index is 7.00. The van der Waals surface area contributed by atoms with Crippen LogP contribution in [-0.4, -0.2) is 0 Å². The van der Waals surface area contributed by atoms with Crippen molar-refractivity contribution in [2.45, 2.75) is 0 Å². The van der Waals surface area contributed by atoms with Crippen LogP contribution in [0.5, 0.6) is 0 Å². The van der Waals surface area contributed by atoms with Gasteiger partial charge in [0.2, 0.25) is 0 Å². The molecule has 0 aliphatic carbocycles. The van der Waals surface area contributed by atoms with Crippen molar-refractivity contribution in [1.82, 2.24) is 0 Å². The Morgan fingerprint density at radius 3 is 0.429 bits per heavy atom. The average Bonchev–Trinajstić information content (AvgIpc) is 1.81. The molecule has 6 nitrogen and oxygen atoms in total. The summed E-state index contributed by atoms with van der Waals surface area (Å²) < 4.78 is 0. The van der Waals surface area contributed by atoms with Crippen molar-refractivity contribution in [1.29, 1.82) is 0 Å². The van der Waals surface area contributed by atoms with Gasteiger partial charge in [0.05, 0.1) is 0 Å². The van der Waals surface area contributed by atoms with E-state index in [1.807, 2.05) is 0 Å². The van der Waals surface area contributed by atoms with Crippen molar-refractivity contribution in [2.24, 2.45) is 0 Å². The molecule has 0 fully saturated rings. The fraction of sp³-hybridized carbons (Fsp3) is 0. The third-order valence-corrected chi connectivity index (χ3v) is 0. The summed E-state index contributed by atoms with van der Waals surface area (Å²) in [5, 5.41) is 42.0. The Balaban J connectivity index is -0.00000000900. The van der Waals surface area contributed by atoms with Gasteiger partial charge in [-0.1, -0.05) is 0 Å².